The molecule has 90 valence electrons. The minimum atomic E-state index is -2.98. The zero-order valence-corrected chi connectivity index (χ0v) is 11.5. The summed E-state index contributed by atoms with van der Waals surface area (Å²) >= 11 is 7.29. The number of nitrogens with one attached hydrogen (secondary N) is 1. The Hall–Kier alpha value is -0.100. The third kappa shape index (κ3) is 2.77. The van der Waals surface area contributed by atoms with Gasteiger partial charge in [-0.05, 0) is 30.9 Å². The Labute approximate surface area is 105 Å². The van der Waals surface area contributed by atoms with Crippen LogP contribution in [0.1, 0.15) is 25.5 Å². The van der Waals surface area contributed by atoms with Crippen molar-refractivity contribution in [2.24, 2.45) is 0 Å². The lowest BCUT2D eigenvalue weighted by atomic mass is 10.0. The lowest BCUT2D eigenvalue weighted by Crippen LogP contribution is -2.53. The summed E-state index contributed by atoms with van der Waals surface area (Å²) in [4.78, 5) is 0. The van der Waals surface area contributed by atoms with E-state index in [-0.39, 0.29) is 23.1 Å². The Kier molecular flexibility index (Phi) is 3.07. The first-order valence-corrected chi connectivity index (χ1v) is 8.07. The molecule has 2 rings (SSSR count). The van der Waals surface area contributed by atoms with Gasteiger partial charge in [-0.2, -0.15) is 0 Å². The number of sulfone groups is 1. The van der Waals surface area contributed by atoms with Crippen molar-refractivity contribution in [2.45, 2.75) is 25.4 Å². The molecule has 3 nitrogen and oxygen atoms in total. The molecule has 1 aromatic heterocycles. The molecule has 2 heterocycles. The highest BCUT2D eigenvalue weighted by molar-refractivity contribution is 7.91. The van der Waals surface area contributed by atoms with Gasteiger partial charge in [0.25, 0.3) is 0 Å². The standard InChI is InChI=1S/C10H14ClNO2S2/c1-10(2)6-16(13,14)5-8(12-10)7-3-9(11)15-4-7/h3-4,8,12H,5-6H2,1-2H3. The highest BCUT2D eigenvalue weighted by Gasteiger charge is 2.37. The fraction of sp³-hybridized carbons (Fsp3) is 0.600. The van der Waals surface area contributed by atoms with Gasteiger partial charge >= 0.3 is 0 Å². The third-order valence-electron chi connectivity index (χ3n) is 2.56. The summed E-state index contributed by atoms with van der Waals surface area (Å²) in [5, 5.41) is 5.26. The highest BCUT2D eigenvalue weighted by atomic mass is 35.5. The van der Waals surface area contributed by atoms with Crippen molar-refractivity contribution in [1.82, 2.24) is 5.32 Å². The molecule has 0 saturated carbocycles. The predicted octanol–water partition coefficient (Wildman–Crippen LogP) is 2.24. The van der Waals surface area contributed by atoms with E-state index in [1.54, 1.807) is 0 Å². The number of hydrogen-bond acceptors (Lipinski definition) is 4. The summed E-state index contributed by atoms with van der Waals surface area (Å²) in [6.07, 6.45) is 0. The van der Waals surface area contributed by atoms with E-state index in [1.165, 1.54) is 11.3 Å². The van der Waals surface area contributed by atoms with Crippen LogP contribution in [0.25, 0.3) is 0 Å². The predicted molar refractivity (Wildman–Crippen MR) is 67.9 cm³/mol. The van der Waals surface area contributed by atoms with E-state index in [2.05, 4.69) is 5.32 Å². The van der Waals surface area contributed by atoms with Gasteiger partial charge in [0.05, 0.1) is 15.8 Å². The van der Waals surface area contributed by atoms with Crippen LogP contribution in [0.3, 0.4) is 0 Å². The monoisotopic (exact) mass is 279 g/mol. The van der Waals surface area contributed by atoms with E-state index in [1.807, 2.05) is 25.3 Å². The average molecular weight is 280 g/mol. The fourth-order valence-electron chi connectivity index (χ4n) is 2.10. The van der Waals surface area contributed by atoms with Crippen molar-refractivity contribution < 1.29 is 8.42 Å². The largest absolute Gasteiger partial charge is 0.303 e. The lowest BCUT2D eigenvalue weighted by Gasteiger charge is -2.36. The maximum Gasteiger partial charge on any atom is 0.153 e. The number of rotatable bonds is 1. The zero-order valence-electron chi connectivity index (χ0n) is 9.16. The minimum absolute atomic E-state index is 0.141. The van der Waals surface area contributed by atoms with Crippen LogP contribution in [-0.2, 0) is 9.84 Å². The van der Waals surface area contributed by atoms with Crippen LogP contribution in [0.4, 0.5) is 0 Å². The summed E-state index contributed by atoms with van der Waals surface area (Å²) in [6, 6.07) is 1.69. The van der Waals surface area contributed by atoms with E-state index in [4.69, 9.17) is 11.6 Å². The second kappa shape index (κ2) is 3.98. The van der Waals surface area contributed by atoms with E-state index in [0.29, 0.717) is 4.34 Å². The van der Waals surface area contributed by atoms with Gasteiger partial charge in [-0.25, -0.2) is 8.42 Å². The molecule has 16 heavy (non-hydrogen) atoms. The van der Waals surface area contributed by atoms with Gasteiger partial charge in [-0.3, -0.25) is 0 Å². The number of thiophene rings is 1. The Morgan fingerprint density at radius 2 is 2.25 bits per heavy atom. The van der Waals surface area contributed by atoms with Crippen molar-refractivity contribution >= 4 is 32.8 Å². The molecule has 0 aliphatic carbocycles. The van der Waals surface area contributed by atoms with Crippen molar-refractivity contribution in [1.29, 1.82) is 0 Å². The molecule has 0 bridgehead atoms. The van der Waals surface area contributed by atoms with E-state index in [0.717, 1.165) is 5.56 Å². The van der Waals surface area contributed by atoms with Crippen molar-refractivity contribution in [2.75, 3.05) is 11.5 Å². The first kappa shape index (κ1) is 12.4. The molecule has 1 fully saturated rings. The van der Waals surface area contributed by atoms with Gasteiger partial charge in [-0.15, -0.1) is 11.3 Å². The van der Waals surface area contributed by atoms with Crippen molar-refractivity contribution in [3.05, 3.63) is 21.3 Å². The first-order chi connectivity index (χ1) is 7.27. The van der Waals surface area contributed by atoms with Crippen LogP contribution in [-0.4, -0.2) is 25.5 Å². The first-order valence-electron chi connectivity index (χ1n) is 4.99. The van der Waals surface area contributed by atoms with Gasteiger partial charge < -0.3 is 5.32 Å². The number of halogens is 1. The normalized spacial score (nSPS) is 27.8. The van der Waals surface area contributed by atoms with Gasteiger partial charge in [0, 0.05) is 11.6 Å². The summed E-state index contributed by atoms with van der Waals surface area (Å²) in [7, 11) is -2.98. The Balaban J connectivity index is 2.30. The minimum Gasteiger partial charge on any atom is -0.303 e. The smallest absolute Gasteiger partial charge is 0.153 e. The second-order valence-electron chi connectivity index (χ2n) is 4.82. The molecule has 1 aliphatic rings. The Bertz CT molecular complexity index is 493. The van der Waals surface area contributed by atoms with Gasteiger partial charge in [0.2, 0.25) is 0 Å². The van der Waals surface area contributed by atoms with Gasteiger partial charge in [0.15, 0.2) is 9.84 Å². The number of hydrogen-bond donors (Lipinski definition) is 1. The molecule has 1 atom stereocenters. The summed E-state index contributed by atoms with van der Waals surface area (Å²) < 4.78 is 24.3. The maximum absolute atomic E-state index is 11.8. The second-order valence-corrected chi connectivity index (χ2v) is 8.47. The summed E-state index contributed by atoms with van der Waals surface area (Å²) in [5.41, 5.74) is 0.585. The lowest BCUT2D eigenvalue weighted by molar-refractivity contribution is 0.360. The van der Waals surface area contributed by atoms with Gasteiger partial charge in [0.1, 0.15) is 0 Å². The Morgan fingerprint density at radius 3 is 2.75 bits per heavy atom. The van der Waals surface area contributed by atoms with Crippen molar-refractivity contribution in [3.8, 4) is 0 Å². The van der Waals surface area contributed by atoms with Crippen LogP contribution in [0, 0.1) is 0 Å². The molecular weight excluding hydrogens is 266 g/mol. The van der Waals surface area contributed by atoms with Crippen LogP contribution in [0.2, 0.25) is 4.34 Å². The molecular formula is C10H14ClNO2S2. The van der Waals surface area contributed by atoms with E-state index < -0.39 is 9.84 Å². The van der Waals surface area contributed by atoms with Crippen molar-refractivity contribution in [3.63, 3.8) is 0 Å². The fourth-order valence-corrected chi connectivity index (χ4v) is 5.13. The molecule has 1 aliphatic heterocycles. The molecule has 0 amide bonds. The SMILES string of the molecule is CC1(C)CS(=O)(=O)CC(c2csc(Cl)c2)N1. The van der Waals surface area contributed by atoms with Gasteiger partial charge in [-0.1, -0.05) is 11.6 Å². The van der Waals surface area contributed by atoms with Crippen LogP contribution in [0.5, 0.6) is 0 Å². The molecule has 6 heteroatoms. The highest BCUT2D eigenvalue weighted by Crippen LogP contribution is 2.30. The molecule has 1 aromatic rings. The quantitative estimate of drug-likeness (QED) is 0.858. The summed E-state index contributed by atoms with van der Waals surface area (Å²) in [5.74, 6) is 0.345. The molecule has 1 saturated heterocycles. The molecule has 1 N–H and O–H groups in total. The molecule has 0 radical (unpaired) electrons. The molecule has 1 unspecified atom stereocenters. The molecule has 0 aromatic carbocycles. The van der Waals surface area contributed by atoms with E-state index in [9.17, 15) is 8.42 Å². The Morgan fingerprint density at radius 1 is 1.56 bits per heavy atom. The van der Waals surface area contributed by atoms with Crippen LogP contribution >= 0.6 is 22.9 Å². The zero-order chi connectivity index (χ0) is 12.0. The third-order valence-corrected chi connectivity index (χ3v) is 5.67. The summed E-state index contributed by atoms with van der Waals surface area (Å²) in [6.45, 7) is 3.81. The topological polar surface area (TPSA) is 46.2 Å². The molecule has 0 spiro atoms. The van der Waals surface area contributed by atoms with Crippen LogP contribution in [0.15, 0.2) is 11.4 Å². The van der Waals surface area contributed by atoms with E-state index >= 15 is 0 Å². The maximum atomic E-state index is 11.8. The average Bonchev–Trinajstić information content (AvgIpc) is 2.45. The van der Waals surface area contributed by atoms with Crippen LogP contribution < -0.4 is 5.32 Å².